The van der Waals surface area contributed by atoms with Gasteiger partial charge in [0, 0.05) is 24.5 Å². The fourth-order valence-corrected chi connectivity index (χ4v) is 5.21. The van der Waals surface area contributed by atoms with Crippen molar-refractivity contribution in [3.05, 3.63) is 59.4 Å². The van der Waals surface area contributed by atoms with Gasteiger partial charge in [-0.15, -0.1) is 0 Å². The summed E-state index contributed by atoms with van der Waals surface area (Å²) in [6, 6.07) is 7.54. The zero-order valence-electron chi connectivity index (χ0n) is 21.0. The number of halogens is 3. The number of carbonyl (C=O) groups is 2. The minimum atomic E-state index is -0.678. The largest absolute Gasteiger partial charge is 0.444 e. The van der Waals surface area contributed by atoms with Gasteiger partial charge < -0.3 is 15.0 Å². The van der Waals surface area contributed by atoms with Crippen LogP contribution in [-0.2, 0) is 9.53 Å². The molecule has 0 radical (unpaired) electrons. The lowest BCUT2D eigenvalue weighted by Crippen LogP contribution is -2.59. The molecule has 3 aromatic rings. The van der Waals surface area contributed by atoms with Crippen LogP contribution in [0.25, 0.3) is 22.2 Å². The van der Waals surface area contributed by atoms with Crippen LogP contribution in [-0.4, -0.2) is 46.6 Å². The van der Waals surface area contributed by atoms with E-state index in [1.807, 2.05) is 0 Å². The van der Waals surface area contributed by atoms with E-state index in [0.717, 1.165) is 24.5 Å². The summed E-state index contributed by atoms with van der Waals surface area (Å²) >= 11 is 0. The van der Waals surface area contributed by atoms with Crippen LogP contribution < -0.4 is 5.32 Å². The second-order valence-corrected chi connectivity index (χ2v) is 11.0. The van der Waals surface area contributed by atoms with Crippen molar-refractivity contribution in [1.82, 2.24) is 15.2 Å². The quantitative estimate of drug-likeness (QED) is 0.448. The number of amides is 2. The van der Waals surface area contributed by atoms with Crippen molar-refractivity contribution in [2.24, 2.45) is 5.92 Å². The second kappa shape index (κ2) is 9.43. The Morgan fingerprint density at radius 2 is 1.78 bits per heavy atom. The molecule has 1 saturated heterocycles. The zero-order chi connectivity index (χ0) is 26.5. The van der Waals surface area contributed by atoms with E-state index in [1.165, 1.54) is 23.1 Å². The summed E-state index contributed by atoms with van der Waals surface area (Å²) in [6.45, 7) is 6.28. The number of aromatic amines is 1. The third-order valence-electron chi connectivity index (χ3n) is 7.16. The van der Waals surface area contributed by atoms with Gasteiger partial charge in [-0.3, -0.25) is 9.69 Å². The molecular formula is C28H30F3N3O3. The Morgan fingerprint density at radius 3 is 2.41 bits per heavy atom. The van der Waals surface area contributed by atoms with Gasteiger partial charge in [0.2, 0.25) is 5.91 Å². The first-order valence-electron chi connectivity index (χ1n) is 12.5. The number of likely N-dealkylation sites (tertiary alicyclic amines) is 1. The van der Waals surface area contributed by atoms with Crippen molar-refractivity contribution < 1.29 is 27.5 Å². The molecule has 5 rings (SSSR count). The topological polar surface area (TPSA) is 74.4 Å². The predicted octanol–water partition coefficient (Wildman–Crippen LogP) is 5.87. The lowest BCUT2D eigenvalue weighted by atomic mass is 9.70. The maximum absolute atomic E-state index is 14.6. The molecule has 2 amide bonds. The molecule has 1 saturated carbocycles. The van der Waals surface area contributed by atoms with E-state index in [-0.39, 0.29) is 29.1 Å². The minimum absolute atomic E-state index is 0.0267. The van der Waals surface area contributed by atoms with Crippen LogP contribution in [0.4, 0.5) is 18.0 Å². The molecule has 0 unspecified atom stereocenters. The summed E-state index contributed by atoms with van der Waals surface area (Å²) in [6.07, 6.45) is 1.54. The first-order valence-corrected chi connectivity index (χ1v) is 12.5. The van der Waals surface area contributed by atoms with Gasteiger partial charge in [-0.2, -0.15) is 0 Å². The van der Waals surface area contributed by atoms with E-state index in [4.69, 9.17) is 4.74 Å². The Hall–Kier alpha value is -3.49. The number of hydrogen-bond donors (Lipinski definition) is 2. The second-order valence-electron chi connectivity index (χ2n) is 11.0. The molecule has 1 aliphatic heterocycles. The molecule has 2 aromatic carbocycles. The number of ether oxygens (including phenoxy) is 1. The summed E-state index contributed by atoms with van der Waals surface area (Å²) < 4.78 is 47.6. The first kappa shape index (κ1) is 25.2. The molecule has 2 heterocycles. The third-order valence-corrected chi connectivity index (χ3v) is 7.16. The Kier molecular flexibility index (Phi) is 6.41. The van der Waals surface area contributed by atoms with Crippen LogP contribution in [0.1, 0.15) is 51.5 Å². The van der Waals surface area contributed by atoms with Gasteiger partial charge >= 0.3 is 6.09 Å². The molecule has 1 aromatic heterocycles. The molecule has 196 valence electrons. The molecule has 37 heavy (non-hydrogen) atoms. The van der Waals surface area contributed by atoms with Crippen LogP contribution in [0.15, 0.2) is 36.4 Å². The number of carbonyl (C=O) groups excluding carboxylic acids is 2. The predicted molar refractivity (Wildman–Crippen MR) is 133 cm³/mol. The molecule has 0 spiro atoms. The molecular weight excluding hydrogens is 483 g/mol. The van der Waals surface area contributed by atoms with E-state index in [0.29, 0.717) is 36.2 Å². The van der Waals surface area contributed by atoms with Crippen molar-refractivity contribution in [1.29, 1.82) is 0 Å². The summed E-state index contributed by atoms with van der Waals surface area (Å²) in [4.78, 5) is 29.5. The Balaban J connectivity index is 1.26. The average Bonchev–Trinajstić information content (AvgIpc) is 3.10. The highest BCUT2D eigenvalue weighted by molar-refractivity contribution is 5.92. The highest BCUT2D eigenvalue weighted by Crippen LogP contribution is 2.48. The Morgan fingerprint density at radius 1 is 1.08 bits per heavy atom. The molecule has 2 fully saturated rings. The smallest absolute Gasteiger partial charge is 0.410 e. The molecule has 2 N–H and O–H groups in total. The van der Waals surface area contributed by atoms with Gasteiger partial charge in [-0.05, 0) is 93.3 Å². The van der Waals surface area contributed by atoms with E-state index in [9.17, 15) is 22.8 Å². The SMILES string of the molecule is CC(C)(C)OC(=O)N1CC[C@@H]1C(=O)NCC1CC(c2c(-c3ccc(F)cc3)[nH]c3c(F)cc(F)cc23)C1. The van der Waals surface area contributed by atoms with Crippen LogP contribution in [0.2, 0.25) is 0 Å². The lowest BCUT2D eigenvalue weighted by molar-refractivity contribution is -0.130. The van der Waals surface area contributed by atoms with E-state index >= 15 is 0 Å². The Bertz CT molecular complexity index is 1340. The van der Waals surface area contributed by atoms with E-state index in [1.54, 1.807) is 32.9 Å². The zero-order valence-corrected chi connectivity index (χ0v) is 21.0. The standard InChI is InChI=1S/C28H30F3N3O3/c1-28(2,3)37-27(36)34-9-8-22(34)26(35)32-14-15-10-17(11-15)23-20-12-19(30)13-21(31)25(20)33-24(23)16-4-6-18(29)7-5-16/h4-7,12-13,15,17,22,33H,8-11,14H2,1-3H3,(H,32,35)/t15?,17?,22-/m1/s1. The summed E-state index contributed by atoms with van der Waals surface area (Å²) in [5.41, 5.74) is 1.73. The van der Waals surface area contributed by atoms with Crippen molar-refractivity contribution in [2.75, 3.05) is 13.1 Å². The summed E-state index contributed by atoms with van der Waals surface area (Å²) in [7, 11) is 0. The maximum Gasteiger partial charge on any atom is 0.410 e. The number of H-pyrrole nitrogens is 1. The number of nitrogens with zero attached hydrogens (tertiary/aromatic N) is 1. The van der Waals surface area contributed by atoms with Gasteiger partial charge in [0.1, 0.15) is 29.1 Å². The van der Waals surface area contributed by atoms with Crippen molar-refractivity contribution in [3.63, 3.8) is 0 Å². The van der Waals surface area contributed by atoms with Gasteiger partial charge in [-0.25, -0.2) is 18.0 Å². The van der Waals surface area contributed by atoms with E-state index in [2.05, 4.69) is 10.3 Å². The number of fused-ring (bicyclic) bond motifs is 1. The molecule has 1 aliphatic carbocycles. The number of hydrogen-bond acceptors (Lipinski definition) is 3. The van der Waals surface area contributed by atoms with Crippen LogP contribution in [0.5, 0.6) is 0 Å². The number of benzene rings is 2. The van der Waals surface area contributed by atoms with Crippen molar-refractivity contribution in [2.45, 2.75) is 57.6 Å². The van der Waals surface area contributed by atoms with Crippen LogP contribution in [0.3, 0.4) is 0 Å². The normalized spacial score (nSPS) is 21.4. The van der Waals surface area contributed by atoms with Crippen LogP contribution in [0, 0.1) is 23.4 Å². The number of aromatic nitrogens is 1. The van der Waals surface area contributed by atoms with Gasteiger partial charge in [0.25, 0.3) is 0 Å². The average molecular weight is 514 g/mol. The van der Waals surface area contributed by atoms with Crippen LogP contribution >= 0.6 is 0 Å². The molecule has 2 aliphatic rings. The van der Waals surface area contributed by atoms with Gasteiger partial charge in [0.05, 0.1) is 11.2 Å². The summed E-state index contributed by atoms with van der Waals surface area (Å²) in [5, 5.41) is 3.43. The Labute approximate surface area is 213 Å². The maximum atomic E-state index is 14.6. The number of nitrogens with one attached hydrogen (secondary N) is 2. The number of rotatable bonds is 5. The monoisotopic (exact) mass is 513 g/mol. The molecule has 1 atom stereocenters. The molecule has 9 heteroatoms. The van der Waals surface area contributed by atoms with E-state index < -0.39 is 29.4 Å². The third kappa shape index (κ3) is 5.04. The molecule has 6 nitrogen and oxygen atoms in total. The minimum Gasteiger partial charge on any atom is -0.444 e. The summed E-state index contributed by atoms with van der Waals surface area (Å²) in [5.74, 6) is -1.71. The highest BCUT2D eigenvalue weighted by atomic mass is 19.1. The molecule has 0 bridgehead atoms. The van der Waals surface area contributed by atoms with Crippen molar-refractivity contribution >= 4 is 22.9 Å². The van der Waals surface area contributed by atoms with Gasteiger partial charge in [0.15, 0.2) is 0 Å². The lowest BCUT2D eigenvalue weighted by Gasteiger charge is -2.41. The fraction of sp³-hybridized carbons (Fsp3) is 0.429. The highest BCUT2D eigenvalue weighted by Gasteiger charge is 2.41. The van der Waals surface area contributed by atoms with Crippen molar-refractivity contribution in [3.8, 4) is 11.3 Å². The fourth-order valence-electron chi connectivity index (χ4n) is 5.21. The first-order chi connectivity index (χ1) is 17.5. The van der Waals surface area contributed by atoms with Gasteiger partial charge in [-0.1, -0.05) is 0 Å².